The number of aromatic amines is 2. The minimum absolute atomic E-state index is 0.183. The van der Waals surface area contributed by atoms with E-state index in [1.807, 2.05) is 43.3 Å². The normalized spacial score (nSPS) is 11.0. The molecule has 1 aromatic carbocycles. The van der Waals surface area contributed by atoms with Gasteiger partial charge in [0.25, 0.3) is 5.91 Å². The number of aromatic nitrogens is 4. The standard InChI is InChI=1S/C20H19N5O2.C2HF3O2/c1-12-16(11-22-25-12)17-7-6-14-9-18(24-19(14)23-17)20(26)21-10-13-4-3-5-15(8-13)27-2;3-2(4,5)1(6)7/h3-9,11H,10H2,1-2H3,(H,21,26)(H,22,25)(H,23,24);(H,6,7). The summed E-state index contributed by atoms with van der Waals surface area (Å²) in [6.07, 6.45) is -3.34. The van der Waals surface area contributed by atoms with Gasteiger partial charge < -0.3 is 20.1 Å². The van der Waals surface area contributed by atoms with Gasteiger partial charge in [0.15, 0.2) is 0 Å². The van der Waals surface area contributed by atoms with Crippen LogP contribution in [0, 0.1) is 6.92 Å². The highest BCUT2D eigenvalue weighted by Crippen LogP contribution is 2.23. The number of aryl methyl sites for hydroxylation is 1. The molecule has 0 unspecified atom stereocenters. The summed E-state index contributed by atoms with van der Waals surface area (Å²) in [5.41, 5.74) is 4.80. The zero-order valence-corrected chi connectivity index (χ0v) is 18.0. The quantitative estimate of drug-likeness (QED) is 0.347. The molecule has 12 heteroatoms. The van der Waals surface area contributed by atoms with Crippen molar-refractivity contribution in [3.63, 3.8) is 0 Å². The lowest BCUT2D eigenvalue weighted by Gasteiger charge is -2.06. The first kappa shape index (κ1) is 24.3. The van der Waals surface area contributed by atoms with Gasteiger partial charge in [-0.1, -0.05) is 12.1 Å². The topological polar surface area (TPSA) is 133 Å². The fourth-order valence-electron chi connectivity index (χ4n) is 2.95. The highest BCUT2D eigenvalue weighted by molar-refractivity contribution is 5.97. The van der Waals surface area contributed by atoms with Crippen LogP contribution in [0.25, 0.3) is 22.3 Å². The number of aliphatic carboxylic acids is 1. The van der Waals surface area contributed by atoms with Crippen molar-refractivity contribution in [1.29, 1.82) is 0 Å². The number of carboxylic acids is 1. The van der Waals surface area contributed by atoms with E-state index in [-0.39, 0.29) is 5.91 Å². The average Bonchev–Trinajstić information content (AvgIpc) is 3.42. The van der Waals surface area contributed by atoms with Crippen LogP contribution < -0.4 is 10.1 Å². The van der Waals surface area contributed by atoms with Crippen LogP contribution in [0.1, 0.15) is 21.7 Å². The van der Waals surface area contributed by atoms with Gasteiger partial charge in [-0.15, -0.1) is 0 Å². The molecule has 0 aliphatic rings. The Hall–Kier alpha value is -4.35. The molecule has 34 heavy (non-hydrogen) atoms. The Morgan fingerprint density at radius 2 is 1.91 bits per heavy atom. The minimum atomic E-state index is -5.08. The molecule has 0 bridgehead atoms. The Morgan fingerprint density at radius 3 is 2.53 bits per heavy atom. The maximum absolute atomic E-state index is 12.5. The minimum Gasteiger partial charge on any atom is -0.497 e. The first-order valence-electron chi connectivity index (χ1n) is 9.80. The molecule has 4 aromatic rings. The van der Waals surface area contributed by atoms with Gasteiger partial charge >= 0.3 is 12.1 Å². The molecule has 1 amide bonds. The number of halogens is 3. The number of H-pyrrole nitrogens is 2. The van der Waals surface area contributed by atoms with E-state index >= 15 is 0 Å². The number of alkyl halides is 3. The summed E-state index contributed by atoms with van der Waals surface area (Å²) in [6.45, 7) is 2.36. The molecule has 0 radical (unpaired) electrons. The van der Waals surface area contributed by atoms with Gasteiger partial charge in [0.1, 0.15) is 17.1 Å². The van der Waals surface area contributed by atoms with Crippen molar-refractivity contribution in [2.45, 2.75) is 19.6 Å². The first-order chi connectivity index (χ1) is 16.1. The number of methoxy groups -OCH3 is 1. The van der Waals surface area contributed by atoms with E-state index in [4.69, 9.17) is 14.6 Å². The molecule has 0 saturated carbocycles. The number of amides is 1. The lowest BCUT2D eigenvalue weighted by molar-refractivity contribution is -0.192. The second-order valence-corrected chi connectivity index (χ2v) is 7.06. The van der Waals surface area contributed by atoms with E-state index in [0.29, 0.717) is 17.9 Å². The van der Waals surface area contributed by atoms with Crippen LogP contribution in [0.3, 0.4) is 0 Å². The number of carbonyl (C=O) groups is 2. The van der Waals surface area contributed by atoms with Crippen LogP contribution in [-0.2, 0) is 11.3 Å². The molecular weight excluding hydrogens is 455 g/mol. The molecule has 178 valence electrons. The van der Waals surface area contributed by atoms with E-state index in [1.54, 1.807) is 19.4 Å². The summed E-state index contributed by atoms with van der Waals surface area (Å²) < 4.78 is 36.9. The summed E-state index contributed by atoms with van der Waals surface area (Å²) >= 11 is 0. The van der Waals surface area contributed by atoms with Gasteiger partial charge in [-0.25, -0.2) is 9.78 Å². The lowest BCUT2D eigenvalue weighted by Crippen LogP contribution is -2.23. The predicted octanol–water partition coefficient (Wildman–Crippen LogP) is 3.83. The summed E-state index contributed by atoms with van der Waals surface area (Å²) in [7, 11) is 1.62. The number of nitrogens with zero attached hydrogens (tertiary/aromatic N) is 2. The van der Waals surface area contributed by atoms with Gasteiger partial charge in [-0.2, -0.15) is 18.3 Å². The molecule has 0 fully saturated rings. The highest BCUT2D eigenvalue weighted by Gasteiger charge is 2.38. The number of nitrogens with one attached hydrogen (secondary N) is 3. The number of ether oxygens (including phenoxy) is 1. The number of carboxylic acid groups (broad SMARTS) is 1. The van der Waals surface area contributed by atoms with Crippen molar-refractivity contribution < 1.29 is 32.6 Å². The summed E-state index contributed by atoms with van der Waals surface area (Å²) in [4.78, 5) is 29.1. The van der Waals surface area contributed by atoms with Gasteiger partial charge in [0, 0.05) is 23.2 Å². The van der Waals surface area contributed by atoms with Crippen molar-refractivity contribution in [3.05, 3.63) is 65.6 Å². The molecule has 0 atom stereocenters. The van der Waals surface area contributed by atoms with E-state index in [2.05, 4.69) is 25.5 Å². The second kappa shape index (κ2) is 10.1. The molecule has 0 saturated heterocycles. The molecule has 3 aromatic heterocycles. The van der Waals surface area contributed by atoms with Crippen molar-refractivity contribution in [1.82, 2.24) is 25.5 Å². The zero-order valence-electron chi connectivity index (χ0n) is 18.0. The Kier molecular flexibility index (Phi) is 7.19. The number of benzene rings is 1. The number of fused-ring (bicyclic) bond motifs is 1. The van der Waals surface area contributed by atoms with Crippen LogP contribution in [0.4, 0.5) is 13.2 Å². The molecule has 4 N–H and O–H groups in total. The molecule has 0 aliphatic carbocycles. The maximum atomic E-state index is 12.5. The lowest BCUT2D eigenvalue weighted by atomic mass is 10.1. The van der Waals surface area contributed by atoms with E-state index < -0.39 is 12.1 Å². The van der Waals surface area contributed by atoms with Crippen LogP contribution in [0.2, 0.25) is 0 Å². The van der Waals surface area contributed by atoms with Gasteiger partial charge in [-0.3, -0.25) is 9.89 Å². The largest absolute Gasteiger partial charge is 0.497 e. The van der Waals surface area contributed by atoms with Crippen molar-refractivity contribution >= 4 is 22.9 Å². The maximum Gasteiger partial charge on any atom is 0.490 e. The molecule has 0 aliphatic heterocycles. The predicted molar refractivity (Wildman–Crippen MR) is 116 cm³/mol. The second-order valence-electron chi connectivity index (χ2n) is 7.06. The summed E-state index contributed by atoms with van der Waals surface area (Å²) in [5, 5.41) is 17.9. The Balaban J connectivity index is 0.000000406. The van der Waals surface area contributed by atoms with Crippen LogP contribution in [0.15, 0.2) is 48.7 Å². The van der Waals surface area contributed by atoms with Gasteiger partial charge in [0.05, 0.1) is 19.0 Å². The van der Waals surface area contributed by atoms with Crippen LogP contribution in [-0.4, -0.2) is 50.4 Å². The monoisotopic (exact) mass is 475 g/mol. The molecule has 3 heterocycles. The molecule has 4 rings (SSSR count). The van der Waals surface area contributed by atoms with E-state index in [9.17, 15) is 18.0 Å². The number of pyridine rings is 1. The number of hydrogen-bond acceptors (Lipinski definition) is 5. The Bertz CT molecular complexity index is 1310. The Labute approximate surface area is 191 Å². The van der Waals surface area contributed by atoms with E-state index in [1.165, 1.54) is 0 Å². The van der Waals surface area contributed by atoms with Crippen LogP contribution in [0.5, 0.6) is 5.75 Å². The highest BCUT2D eigenvalue weighted by atomic mass is 19.4. The molecule has 9 nitrogen and oxygen atoms in total. The number of carbonyl (C=O) groups excluding carboxylic acids is 1. The summed E-state index contributed by atoms with van der Waals surface area (Å²) in [6, 6.07) is 13.3. The third-order valence-corrected chi connectivity index (χ3v) is 4.66. The third kappa shape index (κ3) is 5.91. The molecular formula is C22H20F3N5O4. The van der Waals surface area contributed by atoms with E-state index in [0.717, 1.165) is 33.7 Å². The van der Waals surface area contributed by atoms with Crippen molar-refractivity contribution in [2.75, 3.05) is 7.11 Å². The first-order valence-corrected chi connectivity index (χ1v) is 9.80. The van der Waals surface area contributed by atoms with Gasteiger partial charge in [-0.05, 0) is 42.8 Å². The fourth-order valence-corrected chi connectivity index (χ4v) is 2.95. The number of rotatable bonds is 5. The fraction of sp³-hybridized carbons (Fsp3) is 0.182. The van der Waals surface area contributed by atoms with Gasteiger partial charge in [0.2, 0.25) is 0 Å². The van der Waals surface area contributed by atoms with Crippen LogP contribution >= 0.6 is 0 Å². The van der Waals surface area contributed by atoms with Crippen molar-refractivity contribution in [3.8, 4) is 17.0 Å². The summed E-state index contributed by atoms with van der Waals surface area (Å²) in [5.74, 6) is -2.18. The number of hydrogen-bond donors (Lipinski definition) is 4. The third-order valence-electron chi connectivity index (χ3n) is 4.66. The average molecular weight is 475 g/mol. The zero-order chi connectivity index (χ0) is 24.9. The Morgan fingerprint density at radius 1 is 1.18 bits per heavy atom. The smallest absolute Gasteiger partial charge is 0.490 e. The van der Waals surface area contributed by atoms with Crippen molar-refractivity contribution in [2.24, 2.45) is 0 Å². The molecule has 0 spiro atoms. The SMILES string of the molecule is COc1cccc(CNC(=O)c2cc3ccc(-c4cn[nH]c4C)nc3[nH]2)c1.O=C(O)C(F)(F)F.